The van der Waals surface area contributed by atoms with E-state index < -0.39 is 10.8 Å². The van der Waals surface area contributed by atoms with Crippen LogP contribution >= 0.6 is 0 Å². The van der Waals surface area contributed by atoms with Crippen molar-refractivity contribution in [2.75, 3.05) is 5.32 Å². The van der Waals surface area contributed by atoms with Crippen LogP contribution in [0.5, 0.6) is 0 Å². The zero-order valence-corrected chi connectivity index (χ0v) is 16.3. The predicted octanol–water partition coefficient (Wildman–Crippen LogP) is 4.91. The summed E-state index contributed by atoms with van der Waals surface area (Å²) in [7, 11) is 0. The second-order valence-corrected chi connectivity index (χ2v) is 6.74. The van der Waals surface area contributed by atoms with E-state index >= 15 is 0 Å². The summed E-state index contributed by atoms with van der Waals surface area (Å²) in [5, 5.41) is 18.5. The van der Waals surface area contributed by atoms with Gasteiger partial charge in [0.1, 0.15) is 11.5 Å². The van der Waals surface area contributed by atoms with Crippen LogP contribution in [0.15, 0.2) is 71.3 Å². The van der Waals surface area contributed by atoms with Crippen LogP contribution in [0.25, 0.3) is 17.1 Å². The van der Waals surface area contributed by atoms with E-state index in [9.17, 15) is 14.9 Å². The summed E-state index contributed by atoms with van der Waals surface area (Å²) in [5.41, 5.74) is 2.14. The van der Waals surface area contributed by atoms with Crippen molar-refractivity contribution in [3.63, 3.8) is 0 Å². The van der Waals surface area contributed by atoms with Gasteiger partial charge in [-0.25, -0.2) is 4.68 Å². The normalized spacial score (nSPS) is 10.7. The highest BCUT2D eigenvalue weighted by Gasteiger charge is 2.22. The van der Waals surface area contributed by atoms with Crippen LogP contribution in [0.4, 0.5) is 11.4 Å². The molecule has 0 radical (unpaired) electrons. The zero-order chi connectivity index (χ0) is 21.3. The molecule has 30 heavy (non-hydrogen) atoms. The van der Waals surface area contributed by atoms with Crippen molar-refractivity contribution in [3.05, 3.63) is 93.9 Å². The third kappa shape index (κ3) is 3.58. The maximum absolute atomic E-state index is 13.1. The van der Waals surface area contributed by atoms with Gasteiger partial charge in [0.05, 0.1) is 27.4 Å². The standard InChI is InChI=1S/C22H18N4O4/c1-14-11-12-20(30-14)21-17(13-25(24-21)16-7-4-3-5-8-16)22(27)23-18-9-6-10-19(15(18)2)26(28)29/h3-13H,1-2H3,(H,23,27). The van der Waals surface area contributed by atoms with Gasteiger partial charge in [-0.3, -0.25) is 14.9 Å². The molecule has 0 aliphatic rings. The maximum Gasteiger partial charge on any atom is 0.274 e. The molecule has 0 spiro atoms. The zero-order valence-electron chi connectivity index (χ0n) is 16.3. The number of nitrogens with zero attached hydrogens (tertiary/aromatic N) is 3. The average Bonchev–Trinajstić information content (AvgIpc) is 3.36. The van der Waals surface area contributed by atoms with Crippen LogP contribution in [0.1, 0.15) is 21.7 Å². The van der Waals surface area contributed by atoms with Gasteiger partial charge in [0, 0.05) is 12.3 Å². The number of nitrogens with one attached hydrogen (secondary N) is 1. The van der Waals surface area contributed by atoms with Crippen molar-refractivity contribution in [1.82, 2.24) is 9.78 Å². The molecule has 8 nitrogen and oxygen atoms in total. The second-order valence-electron chi connectivity index (χ2n) is 6.74. The van der Waals surface area contributed by atoms with Crippen LogP contribution in [0, 0.1) is 24.0 Å². The Hall–Kier alpha value is -4.20. The van der Waals surface area contributed by atoms with Gasteiger partial charge in [0.15, 0.2) is 5.76 Å². The van der Waals surface area contributed by atoms with E-state index in [4.69, 9.17) is 4.42 Å². The number of aromatic nitrogens is 2. The quantitative estimate of drug-likeness (QED) is 0.377. The molecule has 0 aliphatic heterocycles. The fourth-order valence-corrected chi connectivity index (χ4v) is 3.14. The Morgan fingerprint density at radius 3 is 2.50 bits per heavy atom. The Bertz CT molecular complexity index is 1240. The Labute approximate surface area is 171 Å². The molecular formula is C22H18N4O4. The van der Waals surface area contributed by atoms with E-state index in [0.717, 1.165) is 5.69 Å². The molecule has 150 valence electrons. The molecule has 0 fully saturated rings. The third-order valence-electron chi connectivity index (χ3n) is 4.70. The van der Waals surface area contributed by atoms with E-state index in [0.29, 0.717) is 34.0 Å². The average molecular weight is 402 g/mol. The molecule has 0 aliphatic carbocycles. The molecule has 0 atom stereocenters. The lowest BCUT2D eigenvalue weighted by atomic mass is 10.1. The molecule has 0 bridgehead atoms. The Morgan fingerprint density at radius 2 is 1.83 bits per heavy atom. The lowest BCUT2D eigenvalue weighted by Crippen LogP contribution is -2.13. The smallest absolute Gasteiger partial charge is 0.274 e. The highest BCUT2D eigenvalue weighted by atomic mass is 16.6. The minimum atomic E-state index is -0.477. The van der Waals surface area contributed by atoms with Gasteiger partial charge in [-0.05, 0) is 44.2 Å². The number of carbonyl (C=O) groups is 1. The summed E-state index contributed by atoms with van der Waals surface area (Å²) in [4.78, 5) is 23.8. The van der Waals surface area contributed by atoms with Crippen molar-refractivity contribution in [2.24, 2.45) is 0 Å². The van der Waals surface area contributed by atoms with Gasteiger partial charge in [0.25, 0.3) is 11.6 Å². The SMILES string of the molecule is Cc1ccc(-c2nn(-c3ccccc3)cc2C(=O)Nc2cccc([N+](=O)[O-])c2C)o1. The minimum Gasteiger partial charge on any atom is -0.460 e. The van der Waals surface area contributed by atoms with Gasteiger partial charge >= 0.3 is 0 Å². The number of aryl methyl sites for hydroxylation is 1. The number of amides is 1. The third-order valence-corrected chi connectivity index (χ3v) is 4.70. The first-order chi connectivity index (χ1) is 14.4. The van der Waals surface area contributed by atoms with Crippen molar-refractivity contribution < 1.29 is 14.1 Å². The van der Waals surface area contributed by atoms with Gasteiger partial charge in [-0.15, -0.1) is 0 Å². The number of anilines is 1. The monoisotopic (exact) mass is 402 g/mol. The van der Waals surface area contributed by atoms with Crippen LogP contribution in [0.3, 0.4) is 0 Å². The summed E-state index contributed by atoms with van der Waals surface area (Å²) >= 11 is 0. The van der Waals surface area contributed by atoms with Crippen molar-refractivity contribution in [1.29, 1.82) is 0 Å². The second kappa shape index (κ2) is 7.67. The molecule has 2 aromatic heterocycles. The Morgan fingerprint density at radius 1 is 1.07 bits per heavy atom. The molecule has 1 amide bonds. The summed E-state index contributed by atoms with van der Waals surface area (Å²) in [6.45, 7) is 3.40. The summed E-state index contributed by atoms with van der Waals surface area (Å²) in [5.74, 6) is 0.716. The molecule has 4 rings (SSSR count). The molecule has 2 heterocycles. The molecule has 0 unspecified atom stereocenters. The van der Waals surface area contributed by atoms with Gasteiger partial charge in [-0.2, -0.15) is 5.10 Å². The van der Waals surface area contributed by atoms with Crippen LogP contribution in [-0.4, -0.2) is 20.6 Å². The minimum absolute atomic E-state index is 0.0605. The molecule has 4 aromatic rings. The van der Waals surface area contributed by atoms with E-state index in [-0.39, 0.29) is 5.69 Å². The molecule has 0 saturated carbocycles. The van der Waals surface area contributed by atoms with E-state index in [1.54, 1.807) is 36.0 Å². The molecule has 8 heteroatoms. The molecule has 2 aromatic carbocycles. The van der Waals surface area contributed by atoms with Crippen LogP contribution in [-0.2, 0) is 0 Å². The number of para-hydroxylation sites is 1. The van der Waals surface area contributed by atoms with Crippen molar-refractivity contribution in [2.45, 2.75) is 13.8 Å². The maximum atomic E-state index is 13.1. The summed E-state index contributed by atoms with van der Waals surface area (Å²) < 4.78 is 7.29. The highest BCUT2D eigenvalue weighted by molar-refractivity contribution is 6.08. The van der Waals surface area contributed by atoms with Crippen LogP contribution < -0.4 is 5.32 Å². The first-order valence-electron chi connectivity index (χ1n) is 9.21. The molecule has 1 N–H and O–H groups in total. The van der Waals surface area contributed by atoms with E-state index in [2.05, 4.69) is 10.4 Å². The largest absolute Gasteiger partial charge is 0.460 e. The summed E-state index contributed by atoms with van der Waals surface area (Å²) in [6, 6.07) is 17.5. The Balaban J connectivity index is 1.76. The predicted molar refractivity (Wildman–Crippen MR) is 112 cm³/mol. The van der Waals surface area contributed by atoms with Crippen molar-refractivity contribution >= 4 is 17.3 Å². The number of nitro groups is 1. The number of rotatable bonds is 5. The topological polar surface area (TPSA) is 103 Å². The summed E-state index contributed by atoms with van der Waals surface area (Å²) in [6.07, 6.45) is 1.62. The van der Waals surface area contributed by atoms with Gasteiger partial charge < -0.3 is 9.73 Å². The first kappa shape index (κ1) is 19.1. The fourth-order valence-electron chi connectivity index (χ4n) is 3.14. The number of carbonyl (C=O) groups excluding carboxylic acids is 1. The lowest BCUT2D eigenvalue weighted by molar-refractivity contribution is -0.385. The molecular weight excluding hydrogens is 384 g/mol. The number of benzene rings is 2. The number of nitro benzene ring substituents is 1. The number of hydrogen-bond acceptors (Lipinski definition) is 5. The highest BCUT2D eigenvalue weighted by Crippen LogP contribution is 2.29. The van der Waals surface area contributed by atoms with Gasteiger partial charge in [0.2, 0.25) is 0 Å². The number of furan rings is 1. The van der Waals surface area contributed by atoms with Crippen molar-refractivity contribution in [3.8, 4) is 17.1 Å². The van der Waals surface area contributed by atoms with E-state index in [1.165, 1.54) is 12.1 Å². The lowest BCUT2D eigenvalue weighted by Gasteiger charge is -2.08. The number of hydrogen-bond donors (Lipinski definition) is 1. The Kier molecular flexibility index (Phi) is 4.89. The fraction of sp³-hybridized carbons (Fsp3) is 0.0909. The van der Waals surface area contributed by atoms with Crippen LogP contribution in [0.2, 0.25) is 0 Å². The molecule has 0 saturated heterocycles. The first-order valence-corrected chi connectivity index (χ1v) is 9.21. The van der Waals surface area contributed by atoms with Gasteiger partial charge in [-0.1, -0.05) is 24.3 Å². The van der Waals surface area contributed by atoms with E-state index in [1.807, 2.05) is 37.3 Å².